The second-order valence-corrected chi connectivity index (χ2v) is 5.75. The van der Waals surface area contributed by atoms with E-state index in [0.29, 0.717) is 11.1 Å². The minimum absolute atomic E-state index is 0.241. The molecule has 1 saturated heterocycles. The van der Waals surface area contributed by atoms with Crippen LogP contribution >= 0.6 is 0 Å². The smallest absolute Gasteiger partial charge is 0.346 e. The molecule has 1 aliphatic carbocycles. The second-order valence-electron chi connectivity index (χ2n) is 5.75. The van der Waals surface area contributed by atoms with Crippen molar-refractivity contribution < 1.29 is 28.7 Å². The highest BCUT2D eigenvalue weighted by molar-refractivity contribution is 6.14. The number of hydrogen-bond donors (Lipinski definition) is 0. The first kappa shape index (κ1) is 15.1. The molecule has 0 aromatic heterocycles. The number of ether oxygens (including phenoxy) is 2. The van der Waals surface area contributed by atoms with E-state index in [1.165, 1.54) is 0 Å². The molecule has 6 nitrogen and oxygen atoms in total. The summed E-state index contributed by atoms with van der Waals surface area (Å²) < 4.78 is 8.94. The van der Waals surface area contributed by atoms with Crippen molar-refractivity contribution in [2.45, 2.75) is 19.8 Å². The van der Waals surface area contributed by atoms with Crippen molar-refractivity contribution in [3.8, 4) is 0 Å². The predicted octanol–water partition coefficient (Wildman–Crippen LogP) is 2.04. The number of allylic oxidation sites excluding steroid dienone is 1. The molecule has 0 amide bonds. The molecule has 2 heterocycles. The Hall–Kier alpha value is -2.76. The Kier molecular flexibility index (Phi) is 3.60. The van der Waals surface area contributed by atoms with Crippen LogP contribution in [-0.4, -0.2) is 23.9 Å². The number of cyclic esters (lactones) is 4. The molecular weight excluding hydrogens is 300 g/mol. The third-order valence-electron chi connectivity index (χ3n) is 4.28. The molecular formula is C17H14O6. The zero-order valence-corrected chi connectivity index (χ0v) is 12.4. The van der Waals surface area contributed by atoms with Crippen LogP contribution < -0.4 is 0 Å². The molecule has 1 aromatic rings. The van der Waals surface area contributed by atoms with Gasteiger partial charge >= 0.3 is 23.9 Å². The van der Waals surface area contributed by atoms with Crippen LogP contribution in [0.4, 0.5) is 0 Å². The van der Waals surface area contributed by atoms with Gasteiger partial charge in [0.25, 0.3) is 0 Å². The number of rotatable bonds is 0. The van der Waals surface area contributed by atoms with Gasteiger partial charge in [-0.1, -0.05) is 24.3 Å². The van der Waals surface area contributed by atoms with Crippen LogP contribution in [0.1, 0.15) is 40.5 Å². The van der Waals surface area contributed by atoms with E-state index in [2.05, 4.69) is 9.47 Å². The average molecular weight is 314 g/mol. The normalized spacial score (nSPS) is 27.6. The van der Waals surface area contributed by atoms with E-state index in [1.54, 1.807) is 37.3 Å². The van der Waals surface area contributed by atoms with Gasteiger partial charge in [0, 0.05) is 0 Å². The third-order valence-corrected chi connectivity index (χ3v) is 4.28. The standard InChI is InChI=1S/C9H10O3.C8H4O3/c1-9-5-3-2-4-6(9)7(10)12-8(9)11;9-7-5-3-1-2-4-6(5)8(10)11-7/h3,5-6H,2,4H2,1H3;1-4H. The fraction of sp³-hybridized carbons (Fsp3) is 0.294. The first-order valence-electron chi connectivity index (χ1n) is 7.23. The van der Waals surface area contributed by atoms with E-state index in [4.69, 9.17) is 0 Å². The number of esters is 4. The summed E-state index contributed by atoms with van der Waals surface area (Å²) >= 11 is 0. The average Bonchev–Trinajstić information content (AvgIpc) is 2.95. The van der Waals surface area contributed by atoms with Crippen molar-refractivity contribution in [1.29, 1.82) is 0 Å². The van der Waals surface area contributed by atoms with E-state index in [1.807, 2.05) is 6.08 Å². The van der Waals surface area contributed by atoms with Crippen LogP contribution in [0.15, 0.2) is 36.4 Å². The topological polar surface area (TPSA) is 86.7 Å². The van der Waals surface area contributed by atoms with Gasteiger partial charge in [-0.2, -0.15) is 0 Å². The van der Waals surface area contributed by atoms with Gasteiger partial charge in [-0.15, -0.1) is 0 Å². The molecule has 2 unspecified atom stereocenters. The Morgan fingerprint density at radius 1 is 1.00 bits per heavy atom. The van der Waals surface area contributed by atoms with Gasteiger partial charge in [0.05, 0.1) is 22.5 Å². The lowest BCUT2D eigenvalue weighted by Crippen LogP contribution is -2.30. The highest BCUT2D eigenvalue weighted by Crippen LogP contribution is 2.43. The van der Waals surface area contributed by atoms with Crippen LogP contribution in [0, 0.1) is 11.3 Å². The van der Waals surface area contributed by atoms with Crippen LogP contribution in [0.5, 0.6) is 0 Å². The molecule has 0 N–H and O–H groups in total. The molecule has 3 aliphatic rings. The molecule has 1 aromatic carbocycles. The molecule has 6 heteroatoms. The summed E-state index contributed by atoms with van der Waals surface area (Å²) in [4.78, 5) is 44.1. The lowest BCUT2D eigenvalue weighted by atomic mass is 9.73. The van der Waals surface area contributed by atoms with Crippen molar-refractivity contribution in [2.24, 2.45) is 11.3 Å². The van der Waals surface area contributed by atoms with Crippen molar-refractivity contribution in [3.63, 3.8) is 0 Å². The maximum Gasteiger partial charge on any atom is 0.346 e. The quantitative estimate of drug-likeness (QED) is 0.414. The molecule has 2 aliphatic heterocycles. The Labute approximate surface area is 132 Å². The van der Waals surface area contributed by atoms with Gasteiger partial charge < -0.3 is 9.47 Å². The third kappa shape index (κ3) is 2.46. The van der Waals surface area contributed by atoms with Gasteiger partial charge in [-0.25, -0.2) is 9.59 Å². The first-order valence-corrected chi connectivity index (χ1v) is 7.23. The highest BCUT2D eigenvalue weighted by atomic mass is 16.6. The predicted molar refractivity (Wildman–Crippen MR) is 77.3 cm³/mol. The maximum absolute atomic E-state index is 11.2. The van der Waals surface area contributed by atoms with E-state index < -0.39 is 23.3 Å². The fourth-order valence-corrected chi connectivity index (χ4v) is 2.89. The van der Waals surface area contributed by atoms with Gasteiger partial charge in [0.2, 0.25) is 0 Å². The summed E-state index contributed by atoms with van der Waals surface area (Å²) in [5.74, 6) is -2.09. The van der Waals surface area contributed by atoms with Gasteiger partial charge in [-0.05, 0) is 31.9 Å². The second kappa shape index (κ2) is 5.46. The molecule has 118 valence electrons. The fourth-order valence-electron chi connectivity index (χ4n) is 2.89. The largest absolute Gasteiger partial charge is 0.392 e. The van der Waals surface area contributed by atoms with Gasteiger partial charge in [-0.3, -0.25) is 9.59 Å². The molecule has 0 spiro atoms. The van der Waals surface area contributed by atoms with Crippen LogP contribution in [0.2, 0.25) is 0 Å². The van der Waals surface area contributed by atoms with Gasteiger partial charge in [0.15, 0.2) is 0 Å². The van der Waals surface area contributed by atoms with Crippen molar-refractivity contribution >= 4 is 23.9 Å². The number of carbonyl (C=O) groups excluding carboxylic acids is 4. The zero-order valence-electron chi connectivity index (χ0n) is 12.4. The lowest BCUT2D eigenvalue weighted by molar-refractivity contribution is -0.154. The van der Waals surface area contributed by atoms with Crippen LogP contribution in [0.25, 0.3) is 0 Å². The van der Waals surface area contributed by atoms with Crippen molar-refractivity contribution in [1.82, 2.24) is 0 Å². The monoisotopic (exact) mass is 314 g/mol. The van der Waals surface area contributed by atoms with E-state index >= 15 is 0 Å². The molecule has 0 radical (unpaired) electrons. The molecule has 1 fully saturated rings. The minimum atomic E-state index is -0.671. The number of carbonyl (C=O) groups is 4. The van der Waals surface area contributed by atoms with E-state index in [-0.39, 0.29) is 11.9 Å². The molecule has 4 rings (SSSR count). The summed E-state index contributed by atoms with van der Waals surface area (Å²) in [5, 5.41) is 0. The van der Waals surface area contributed by atoms with Crippen LogP contribution in [0.3, 0.4) is 0 Å². The number of benzene rings is 1. The SMILES string of the molecule is CC12C=CCCC1C(=O)OC2=O.O=C1OC(=O)c2ccccc21. The maximum atomic E-state index is 11.2. The van der Waals surface area contributed by atoms with Crippen molar-refractivity contribution in [2.75, 3.05) is 0 Å². The lowest BCUT2D eigenvalue weighted by Gasteiger charge is -2.24. The summed E-state index contributed by atoms with van der Waals surface area (Å²) in [6.07, 6.45) is 5.34. The van der Waals surface area contributed by atoms with E-state index in [0.717, 1.165) is 12.8 Å². The Balaban J connectivity index is 0.000000136. The van der Waals surface area contributed by atoms with Crippen molar-refractivity contribution in [3.05, 3.63) is 47.5 Å². The first-order chi connectivity index (χ1) is 10.9. The molecule has 0 saturated carbocycles. The summed E-state index contributed by atoms with van der Waals surface area (Å²) in [6, 6.07) is 6.53. The highest BCUT2D eigenvalue weighted by Gasteiger charge is 2.53. The molecule has 23 heavy (non-hydrogen) atoms. The number of hydrogen-bond acceptors (Lipinski definition) is 6. The Morgan fingerprint density at radius 2 is 1.61 bits per heavy atom. The Bertz CT molecular complexity index is 714. The summed E-state index contributed by atoms with van der Waals surface area (Å²) in [5.41, 5.74) is 0.0463. The van der Waals surface area contributed by atoms with E-state index in [9.17, 15) is 19.2 Å². The summed E-state index contributed by atoms with van der Waals surface area (Å²) in [7, 11) is 0. The molecule has 0 bridgehead atoms. The Morgan fingerprint density at radius 3 is 2.17 bits per heavy atom. The zero-order chi connectivity index (χ0) is 16.6. The summed E-state index contributed by atoms with van der Waals surface area (Å²) in [6.45, 7) is 1.76. The van der Waals surface area contributed by atoms with Crippen LogP contribution in [-0.2, 0) is 19.1 Å². The van der Waals surface area contributed by atoms with Gasteiger partial charge in [0.1, 0.15) is 0 Å². The minimum Gasteiger partial charge on any atom is -0.392 e. The number of fused-ring (bicyclic) bond motifs is 2. The molecule has 2 atom stereocenters.